The van der Waals surface area contributed by atoms with Gasteiger partial charge >= 0.3 is 0 Å². The maximum atomic E-state index is 11.0. The van der Waals surface area contributed by atoms with E-state index in [0.29, 0.717) is 12.1 Å². The number of amides is 1. The third-order valence-electron chi connectivity index (χ3n) is 2.16. The van der Waals surface area contributed by atoms with Crippen LogP contribution in [0.25, 0.3) is 0 Å². The van der Waals surface area contributed by atoms with Crippen LogP contribution in [0.3, 0.4) is 0 Å². The normalized spacial score (nSPS) is 10.5. The predicted octanol–water partition coefficient (Wildman–Crippen LogP) is 1.00. The molecule has 88 valence electrons. The van der Waals surface area contributed by atoms with Gasteiger partial charge < -0.3 is 11.1 Å². The van der Waals surface area contributed by atoms with Crippen LogP contribution in [0.5, 0.6) is 0 Å². The lowest BCUT2D eigenvalue weighted by Crippen LogP contribution is -2.36. The minimum absolute atomic E-state index is 0.104. The van der Waals surface area contributed by atoms with Crippen molar-refractivity contribution >= 4 is 11.7 Å². The second kappa shape index (κ2) is 6.30. The number of nitrogens with two attached hydrogens (primary N) is 1. The molecule has 0 aliphatic rings. The van der Waals surface area contributed by atoms with Crippen molar-refractivity contribution in [3.05, 3.63) is 53.9 Å². The predicted molar refractivity (Wildman–Crippen MR) is 68.5 cm³/mol. The van der Waals surface area contributed by atoms with Crippen molar-refractivity contribution < 1.29 is 4.79 Å². The summed E-state index contributed by atoms with van der Waals surface area (Å²) in [7, 11) is 1.50. The van der Waals surface area contributed by atoms with Gasteiger partial charge in [-0.3, -0.25) is 9.79 Å². The number of benzene rings is 1. The first-order valence-electron chi connectivity index (χ1n) is 5.13. The molecule has 0 heterocycles. The first-order valence-corrected chi connectivity index (χ1v) is 5.13. The zero-order valence-electron chi connectivity index (χ0n) is 9.73. The Morgan fingerprint density at radius 1 is 1.47 bits per heavy atom. The van der Waals surface area contributed by atoms with Gasteiger partial charge in [0.05, 0.1) is 5.70 Å². The Morgan fingerprint density at radius 2 is 2.12 bits per heavy atom. The van der Waals surface area contributed by atoms with Crippen LogP contribution in [-0.4, -0.2) is 18.8 Å². The summed E-state index contributed by atoms with van der Waals surface area (Å²) in [5.41, 5.74) is 9.64. The van der Waals surface area contributed by atoms with Crippen molar-refractivity contribution in [2.24, 2.45) is 10.7 Å². The zero-order valence-corrected chi connectivity index (χ0v) is 9.73. The maximum absolute atomic E-state index is 11.0. The maximum Gasteiger partial charge on any atom is 0.284 e. The fourth-order valence-corrected chi connectivity index (χ4v) is 1.32. The molecule has 0 saturated heterocycles. The van der Waals surface area contributed by atoms with E-state index >= 15 is 0 Å². The summed E-state index contributed by atoms with van der Waals surface area (Å²) in [6, 6.07) is 9.78. The lowest BCUT2D eigenvalue weighted by molar-refractivity contribution is -0.112. The molecule has 0 aliphatic carbocycles. The quantitative estimate of drug-likeness (QED) is 0.461. The van der Waals surface area contributed by atoms with E-state index in [1.54, 1.807) is 0 Å². The number of carbonyl (C=O) groups excluding carboxylic acids is 1. The van der Waals surface area contributed by atoms with Gasteiger partial charge in [0.25, 0.3) is 5.91 Å². The van der Waals surface area contributed by atoms with Gasteiger partial charge in [-0.05, 0) is 5.56 Å². The van der Waals surface area contributed by atoms with Crippen LogP contribution in [0.15, 0.2) is 53.3 Å². The second-order valence-corrected chi connectivity index (χ2v) is 3.38. The van der Waals surface area contributed by atoms with Crippen LogP contribution in [-0.2, 0) is 11.2 Å². The van der Waals surface area contributed by atoms with Crippen LogP contribution in [0.4, 0.5) is 0 Å². The number of hydrogen-bond acceptors (Lipinski definition) is 2. The summed E-state index contributed by atoms with van der Waals surface area (Å²) < 4.78 is 0. The molecule has 0 bridgehead atoms. The van der Waals surface area contributed by atoms with Crippen molar-refractivity contribution in [1.82, 2.24) is 5.32 Å². The summed E-state index contributed by atoms with van der Waals surface area (Å²) >= 11 is 0. The fraction of sp³-hybridized carbons (Fsp3) is 0.154. The van der Waals surface area contributed by atoms with E-state index in [4.69, 9.17) is 5.73 Å². The molecule has 0 unspecified atom stereocenters. The van der Waals surface area contributed by atoms with E-state index < -0.39 is 5.91 Å². The van der Waals surface area contributed by atoms with Crippen molar-refractivity contribution in [3.63, 3.8) is 0 Å². The molecule has 3 N–H and O–H groups in total. The SMILES string of the molecule is C=C=C(Cc1ccccc1)N/C(=N\C)C(N)=O. The Morgan fingerprint density at radius 3 is 2.59 bits per heavy atom. The van der Waals surface area contributed by atoms with Gasteiger partial charge in [-0.1, -0.05) is 36.9 Å². The van der Waals surface area contributed by atoms with Gasteiger partial charge in [0.15, 0.2) is 5.84 Å². The van der Waals surface area contributed by atoms with E-state index in [1.807, 2.05) is 30.3 Å². The van der Waals surface area contributed by atoms with Crippen molar-refractivity contribution in [1.29, 1.82) is 0 Å². The number of rotatable bonds is 3. The smallest absolute Gasteiger partial charge is 0.284 e. The van der Waals surface area contributed by atoms with Gasteiger partial charge in [0.1, 0.15) is 0 Å². The Bertz CT molecular complexity index is 471. The molecule has 1 aromatic carbocycles. The number of carbonyl (C=O) groups is 1. The summed E-state index contributed by atoms with van der Waals surface area (Å²) in [5.74, 6) is -0.500. The molecule has 0 atom stereocenters. The first kappa shape index (κ1) is 12.7. The van der Waals surface area contributed by atoms with E-state index in [9.17, 15) is 4.79 Å². The van der Waals surface area contributed by atoms with E-state index in [0.717, 1.165) is 5.56 Å². The minimum Gasteiger partial charge on any atom is -0.363 e. The van der Waals surface area contributed by atoms with E-state index in [-0.39, 0.29) is 5.84 Å². The third-order valence-corrected chi connectivity index (χ3v) is 2.16. The van der Waals surface area contributed by atoms with Crippen molar-refractivity contribution in [2.45, 2.75) is 6.42 Å². The Balaban J connectivity index is 2.75. The molecule has 0 fully saturated rings. The monoisotopic (exact) mass is 229 g/mol. The van der Waals surface area contributed by atoms with E-state index in [1.165, 1.54) is 7.05 Å². The molecule has 0 saturated carbocycles. The van der Waals surface area contributed by atoms with Gasteiger partial charge in [0, 0.05) is 13.5 Å². The van der Waals surface area contributed by atoms with Crippen LogP contribution in [0.2, 0.25) is 0 Å². The molecule has 0 aliphatic heterocycles. The van der Waals surface area contributed by atoms with Crippen LogP contribution >= 0.6 is 0 Å². The third kappa shape index (κ3) is 3.97. The summed E-state index contributed by atoms with van der Waals surface area (Å²) in [6.45, 7) is 3.57. The minimum atomic E-state index is -0.603. The Hall–Kier alpha value is -2.32. The average Bonchev–Trinajstić information content (AvgIpc) is 2.35. The average molecular weight is 229 g/mol. The number of primary amides is 1. The standard InChI is InChI=1S/C13H15N3O/c1-3-11(16-13(15-2)12(14)17)9-10-7-5-4-6-8-10/h4-8H,1,9H2,2H3,(H2,14,17)(H,15,16). The van der Waals surface area contributed by atoms with Gasteiger partial charge in [-0.15, -0.1) is 5.73 Å². The molecule has 0 spiro atoms. The number of aliphatic imine (C=N–C) groups is 1. The van der Waals surface area contributed by atoms with Gasteiger partial charge in [0.2, 0.25) is 0 Å². The number of hydrogen-bond donors (Lipinski definition) is 2. The molecule has 1 amide bonds. The Labute approximate surface area is 101 Å². The molecule has 4 nitrogen and oxygen atoms in total. The number of nitrogens with one attached hydrogen (secondary N) is 1. The van der Waals surface area contributed by atoms with Crippen molar-refractivity contribution in [3.8, 4) is 0 Å². The molecular weight excluding hydrogens is 214 g/mol. The van der Waals surface area contributed by atoms with Gasteiger partial charge in [-0.2, -0.15) is 0 Å². The molecule has 0 radical (unpaired) electrons. The molecule has 17 heavy (non-hydrogen) atoms. The molecule has 0 aromatic heterocycles. The van der Waals surface area contributed by atoms with Crippen molar-refractivity contribution in [2.75, 3.05) is 7.05 Å². The van der Waals surface area contributed by atoms with E-state index in [2.05, 4.69) is 22.6 Å². The number of nitrogens with zero attached hydrogens (tertiary/aromatic N) is 1. The molecular formula is C13H15N3O. The highest BCUT2D eigenvalue weighted by molar-refractivity contribution is 6.37. The van der Waals surface area contributed by atoms with Crippen LogP contribution < -0.4 is 11.1 Å². The zero-order chi connectivity index (χ0) is 12.7. The highest BCUT2D eigenvalue weighted by Gasteiger charge is 2.07. The van der Waals surface area contributed by atoms with Gasteiger partial charge in [-0.25, -0.2) is 0 Å². The summed E-state index contributed by atoms with van der Waals surface area (Å²) in [4.78, 5) is 14.8. The first-order chi connectivity index (χ1) is 8.17. The summed E-state index contributed by atoms with van der Waals surface area (Å²) in [6.07, 6.45) is 0.594. The lowest BCUT2D eigenvalue weighted by atomic mass is 10.1. The Kier molecular flexibility index (Phi) is 4.73. The highest BCUT2D eigenvalue weighted by atomic mass is 16.1. The molecule has 1 rings (SSSR count). The summed E-state index contributed by atoms with van der Waals surface area (Å²) in [5, 5.41) is 2.82. The topological polar surface area (TPSA) is 67.5 Å². The number of amidine groups is 1. The molecule has 1 aromatic rings. The lowest BCUT2D eigenvalue weighted by Gasteiger charge is -2.08. The highest BCUT2D eigenvalue weighted by Crippen LogP contribution is 2.04. The number of allylic oxidation sites excluding steroid dienone is 1. The molecule has 4 heteroatoms. The second-order valence-electron chi connectivity index (χ2n) is 3.38. The fourth-order valence-electron chi connectivity index (χ4n) is 1.32. The van der Waals surface area contributed by atoms with Crippen LogP contribution in [0.1, 0.15) is 5.56 Å². The van der Waals surface area contributed by atoms with Crippen LogP contribution in [0, 0.1) is 0 Å². The largest absolute Gasteiger partial charge is 0.363 e.